The minimum atomic E-state index is -0.163. The van der Waals surface area contributed by atoms with Crippen molar-refractivity contribution in [2.75, 3.05) is 26.9 Å². The molecule has 1 aromatic carbocycles. The molecule has 4 nitrogen and oxygen atoms in total. The van der Waals surface area contributed by atoms with Crippen LogP contribution in [0.4, 0.5) is 0 Å². The summed E-state index contributed by atoms with van der Waals surface area (Å²) in [6, 6.07) is 6.76. The monoisotopic (exact) mass is 293 g/mol. The highest BCUT2D eigenvalue weighted by atomic mass is 16.7. The van der Waals surface area contributed by atoms with Gasteiger partial charge in [-0.15, -0.1) is 0 Å². The molecule has 1 unspecified atom stereocenters. The predicted molar refractivity (Wildman–Crippen MR) is 83.7 cm³/mol. The number of methoxy groups -OCH3 is 1. The molecule has 4 heteroatoms. The van der Waals surface area contributed by atoms with E-state index in [9.17, 15) is 0 Å². The van der Waals surface area contributed by atoms with E-state index in [1.54, 1.807) is 7.11 Å². The topological polar surface area (TPSA) is 39.7 Å². The molecule has 1 aliphatic carbocycles. The fraction of sp³-hybridized carbons (Fsp3) is 0.647. The first kappa shape index (κ1) is 16.3. The molecule has 1 aliphatic rings. The Morgan fingerprint density at radius 3 is 2.67 bits per heavy atom. The van der Waals surface area contributed by atoms with Crippen LogP contribution in [0.2, 0.25) is 0 Å². The van der Waals surface area contributed by atoms with Gasteiger partial charge in [0.1, 0.15) is 5.75 Å². The van der Waals surface area contributed by atoms with Gasteiger partial charge in [-0.05, 0) is 56.4 Å². The molecule has 0 spiro atoms. The summed E-state index contributed by atoms with van der Waals surface area (Å²) < 4.78 is 16.5. The molecule has 21 heavy (non-hydrogen) atoms. The number of rotatable bonds is 8. The molecule has 0 aromatic heterocycles. The van der Waals surface area contributed by atoms with Crippen LogP contribution in [0.5, 0.6) is 5.75 Å². The maximum atomic E-state index is 5.59. The molecule has 0 saturated heterocycles. The molecule has 0 amide bonds. The second-order valence-corrected chi connectivity index (χ2v) is 5.26. The van der Waals surface area contributed by atoms with Crippen LogP contribution in [0.15, 0.2) is 18.2 Å². The standard InChI is InChI=1S/C17H27NO3/c1-4-20-17(21-5-2)12-18-16-8-6-7-13-11-14(19-3)9-10-15(13)16/h9-11,16-18H,4-8,12H2,1-3H3. The number of nitrogens with one attached hydrogen (secondary N) is 1. The molecular weight excluding hydrogens is 266 g/mol. The molecule has 118 valence electrons. The third-order valence-corrected chi connectivity index (χ3v) is 3.90. The van der Waals surface area contributed by atoms with Gasteiger partial charge in [-0.1, -0.05) is 6.07 Å². The Labute approximate surface area is 127 Å². The van der Waals surface area contributed by atoms with E-state index in [2.05, 4.69) is 17.4 Å². The van der Waals surface area contributed by atoms with Gasteiger partial charge in [0.2, 0.25) is 0 Å². The summed E-state index contributed by atoms with van der Waals surface area (Å²) in [7, 11) is 1.72. The lowest BCUT2D eigenvalue weighted by Gasteiger charge is -2.28. The van der Waals surface area contributed by atoms with Crippen molar-refractivity contribution in [3.63, 3.8) is 0 Å². The smallest absolute Gasteiger partial charge is 0.169 e. The Balaban J connectivity index is 1.99. The van der Waals surface area contributed by atoms with Gasteiger partial charge in [-0.25, -0.2) is 0 Å². The summed E-state index contributed by atoms with van der Waals surface area (Å²) in [6.45, 7) is 6.05. The molecule has 1 atom stereocenters. The SMILES string of the molecule is CCOC(CNC1CCCc2cc(OC)ccc21)OCC. The maximum absolute atomic E-state index is 5.59. The van der Waals surface area contributed by atoms with Crippen molar-refractivity contribution >= 4 is 0 Å². The van der Waals surface area contributed by atoms with Crippen LogP contribution < -0.4 is 10.1 Å². The Morgan fingerprint density at radius 2 is 2.00 bits per heavy atom. The molecule has 0 aliphatic heterocycles. The zero-order chi connectivity index (χ0) is 15.1. The summed E-state index contributed by atoms with van der Waals surface area (Å²) in [6.07, 6.45) is 3.32. The molecule has 1 aromatic rings. The third-order valence-electron chi connectivity index (χ3n) is 3.90. The highest BCUT2D eigenvalue weighted by molar-refractivity contribution is 5.39. The van der Waals surface area contributed by atoms with Crippen LogP contribution in [-0.4, -0.2) is 33.2 Å². The molecule has 0 fully saturated rings. The summed E-state index contributed by atoms with van der Waals surface area (Å²) in [5, 5.41) is 3.59. The molecule has 2 rings (SSSR count). The molecule has 0 radical (unpaired) electrons. The van der Waals surface area contributed by atoms with Gasteiger partial charge in [0, 0.05) is 25.8 Å². The Hall–Kier alpha value is -1.10. The van der Waals surface area contributed by atoms with Crippen LogP contribution in [0, 0.1) is 0 Å². The number of hydrogen-bond acceptors (Lipinski definition) is 4. The van der Waals surface area contributed by atoms with E-state index in [1.807, 2.05) is 19.9 Å². The van der Waals surface area contributed by atoms with Crippen molar-refractivity contribution in [3.8, 4) is 5.75 Å². The van der Waals surface area contributed by atoms with Crippen molar-refractivity contribution in [3.05, 3.63) is 29.3 Å². The first-order valence-electron chi connectivity index (χ1n) is 7.91. The van der Waals surface area contributed by atoms with E-state index in [-0.39, 0.29) is 6.29 Å². The molecule has 0 bridgehead atoms. The Bertz CT molecular complexity index is 430. The second-order valence-electron chi connectivity index (χ2n) is 5.26. The minimum absolute atomic E-state index is 0.163. The fourth-order valence-corrected chi connectivity index (χ4v) is 2.91. The maximum Gasteiger partial charge on any atom is 0.169 e. The predicted octanol–water partition coefficient (Wildman–Crippen LogP) is 3.06. The Morgan fingerprint density at radius 1 is 1.24 bits per heavy atom. The summed E-state index contributed by atoms with van der Waals surface area (Å²) in [5.74, 6) is 0.941. The molecular formula is C17H27NO3. The van der Waals surface area contributed by atoms with Crippen LogP contribution >= 0.6 is 0 Å². The lowest BCUT2D eigenvalue weighted by molar-refractivity contribution is -0.134. The Kier molecular flexibility index (Phi) is 6.49. The quantitative estimate of drug-likeness (QED) is 0.748. The van der Waals surface area contributed by atoms with Crippen LogP contribution in [0.1, 0.15) is 43.9 Å². The van der Waals surface area contributed by atoms with Crippen LogP contribution in [0.25, 0.3) is 0 Å². The van der Waals surface area contributed by atoms with Gasteiger partial charge in [-0.2, -0.15) is 0 Å². The van der Waals surface area contributed by atoms with E-state index in [4.69, 9.17) is 14.2 Å². The van der Waals surface area contributed by atoms with Crippen molar-refractivity contribution < 1.29 is 14.2 Å². The second kappa shape index (κ2) is 8.37. The zero-order valence-electron chi connectivity index (χ0n) is 13.4. The first-order chi connectivity index (χ1) is 10.3. The summed E-state index contributed by atoms with van der Waals surface area (Å²) in [4.78, 5) is 0. The van der Waals surface area contributed by atoms with Gasteiger partial charge in [0.15, 0.2) is 6.29 Å². The minimum Gasteiger partial charge on any atom is -0.497 e. The van der Waals surface area contributed by atoms with E-state index >= 15 is 0 Å². The average Bonchev–Trinajstić information content (AvgIpc) is 2.52. The highest BCUT2D eigenvalue weighted by Crippen LogP contribution is 2.32. The molecule has 1 N–H and O–H groups in total. The van der Waals surface area contributed by atoms with Crippen LogP contribution in [-0.2, 0) is 15.9 Å². The third kappa shape index (κ3) is 4.43. The van der Waals surface area contributed by atoms with Crippen molar-refractivity contribution in [1.29, 1.82) is 0 Å². The highest BCUT2D eigenvalue weighted by Gasteiger charge is 2.21. The number of ether oxygens (including phenoxy) is 3. The lowest BCUT2D eigenvalue weighted by Crippen LogP contribution is -2.35. The normalized spacial score (nSPS) is 17.8. The van der Waals surface area contributed by atoms with E-state index in [1.165, 1.54) is 17.5 Å². The average molecular weight is 293 g/mol. The van der Waals surface area contributed by atoms with Crippen molar-refractivity contribution in [2.24, 2.45) is 0 Å². The number of benzene rings is 1. The van der Waals surface area contributed by atoms with Gasteiger partial charge >= 0.3 is 0 Å². The van der Waals surface area contributed by atoms with Gasteiger partial charge in [0.25, 0.3) is 0 Å². The van der Waals surface area contributed by atoms with Crippen molar-refractivity contribution in [2.45, 2.75) is 45.4 Å². The van der Waals surface area contributed by atoms with E-state index in [0.717, 1.165) is 25.1 Å². The number of fused-ring (bicyclic) bond motifs is 1. The number of hydrogen-bond donors (Lipinski definition) is 1. The number of aryl methyl sites for hydroxylation is 1. The summed E-state index contributed by atoms with van der Waals surface area (Å²) in [5.41, 5.74) is 2.77. The van der Waals surface area contributed by atoms with Gasteiger partial charge in [0.05, 0.1) is 7.11 Å². The van der Waals surface area contributed by atoms with Gasteiger partial charge < -0.3 is 19.5 Å². The molecule has 0 saturated carbocycles. The summed E-state index contributed by atoms with van der Waals surface area (Å²) >= 11 is 0. The van der Waals surface area contributed by atoms with Crippen molar-refractivity contribution in [1.82, 2.24) is 5.32 Å². The lowest BCUT2D eigenvalue weighted by atomic mass is 9.87. The van der Waals surface area contributed by atoms with Gasteiger partial charge in [-0.3, -0.25) is 0 Å². The van der Waals surface area contributed by atoms with E-state index in [0.29, 0.717) is 19.3 Å². The zero-order valence-corrected chi connectivity index (χ0v) is 13.4. The molecule has 0 heterocycles. The first-order valence-corrected chi connectivity index (χ1v) is 7.91. The largest absolute Gasteiger partial charge is 0.497 e. The van der Waals surface area contributed by atoms with E-state index < -0.39 is 0 Å². The fourth-order valence-electron chi connectivity index (χ4n) is 2.91. The van der Waals surface area contributed by atoms with Crippen LogP contribution in [0.3, 0.4) is 0 Å².